The maximum absolute atomic E-state index is 5.80. The molecule has 5 atom stereocenters. The number of ether oxygens (including phenoxy) is 1. The molecule has 1 saturated heterocycles. The molecule has 5 aliphatic rings. The Bertz CT molecular complexity index is 550. The molecule has 1 spiro atoms. The second kappa shape index (κ2) is 3.85. The molecule has 1 nitrogen and oxygen atoms in total. The van der Waals surface area contributed by atoms with E-state index in [9.17, 15) is 0 Å². The van der Waals surface area contributed by atoms with Crippen molar-refractivity contribution in [2.75, 3.05) is 0 Å². The highest BCUT2D eigenvalue weighted by Gasteiger charge is 2.86. The third kappa shape index (κ3) is 1.67. The third-order valence-corrected chi connectivity index (χ3v) is 7.60. The SMILES string of the molecule is CC1=CCC2C(C)(C)C23OC13.CC1=CCC2C(C1)C2(C)C. The normalized spacial score (nSPS) is 49.2. The lowest BCUT2D eigenvalue weighted by Crippen LogP contribution is -2.05. The van der Waals surface area contributed by atoms with Gasteiger partial charge in [-0.1, -0.05) is 45.4 Å². The van der Waals surface area contributed by atoms with Crippen LogP contribution < -0.4 is 0 Å². The predicted octanol–water partition coefficient (Wildman–Crippen LogP) is 5.13. The van der Waals surface area contributed by atoms with Gasteiger partial charge in [0.25, 0.3) is 0 Å². The van der Waals surface area contributed by atoms with Crippen LogP contribution in [0.25, 0.3) is 0 Å². The van der Waals surface area contributed by atoms with Gasteiger partial charge in [-0.25, -0.2) is 0 Å². The van der Waals surface area contributed by atoms with Gasteiger partial charge < -0.3 is 4.74 Å². The minimum atomic E-state index is 0.311. The maximum atomic E-state index is 5.80. The number of fused-ring (bicyclic) bond motifs is 1. The topological polar surface area (TPSA) is 12.5 Å². The van der Waals surface area contributed by atoms with Gasteiger partial charge in [0.1, 0.15) is 11.7 Å². The summed E-state index contributed by atoms with van der Waals surface area (Å²) in [5.41, 5.74) is 4.53. The van der Waals surface area contributed by atoms with E-state index in [0.717, 1.165) is 17.8 Å². The summed E-state index contributed by atoms with van der Waals surface area (Å²) in [6, 6.07) is 0. The van der Waals surface area contributed by atoms with Crippen molar-refractivity contribution >= 4 is 0 Å². The number of allylic oxidation sites excluding steroid dienone is 3. The summed E-state index contributed by atoms with van der Waals surface area (Å²) in [6.45, 7) is 14.0. The number of rotatable bonds is 0. The van der Waals surface area contributed by atoms with Crippen LogP contribution in [0.3, 0.4) is 0 Å². The van der Waals surface area contributed by atoms with E-state index in [1.807, 2.05) is 0 Å². The van der Waals surface area contributed by atoms with E-state index in [1.54, 1.807) is 5.57 Å². The summed E-state index contributed by atoms with van der Waals surface area (Å²) in [4.78, 5) is 0. The second-order valence-corrected chi connectivity index (χ2v) is 9.27. The fourth-order valence-corrected chi connectivity index (χ4v) is 5.58. The molecule has 21 heavy (non-hydrogen) atoms. The largest absolute Gasteiger partial charge is 0.360 e. The first-order valence-corrected chi connectivity index (χ1v) is 8.73. The smallest absolute Gasteiger partial charge is 0.109 e. The molecular formula is C20H30O. The fraction of sp³-hybridized carbons (Fsp3) is 0.800. The van der Waals surface area contributed by atoms with Crippen molar-refractivity contribution in [2.24, 2.45) is 28.6 Å². The van der Waals surface area contributed by atoms with Crippen LogP contribution in [0.15, 0.2) is 23.3 Å². The van der Waals surface area contributed by atoms with E-state index in [-0.39, 0.29) is 0 Å². The zero-order valence-electron chi connectivity index (χ0n) is 14.5. The fourth-order valence-electron chi connectivity index (χ4n) is 5.58. The van der Waals surface area contributed by atoms with Gasteiger partial charge in [0.15, 0.2) is 0 Å². The lowest BCUT2D eigenvalue weighted by molar-refractivity contribution is 0.339. The zero-order valence-corrected chi connectivity index (χ0v) is 14.5. The monoisotopic (exact) mass is 286 g/mol. The number of hydrogen-bond acceptors (Lipinski definition) is 1. The molecule has 0 bridgehead atoms. The Balaban J connectivity index is 0.000000110. The van der Waals surface area contributed by atoms with Gasteiger partial charge in [0.05, 0.1) is 0 Å². The highest BCUT2D eigenvalue weighted by molar-refractivity contribution is 5.43. The highest BCUT2D eigenvalue weighted by atomic mass is 16.6. The van der Waals surface area contributed by atoms with Gasteiger partial charge in [-0.15, -0.1) is 0 Å². The maximum Gasteiger partial charge on any atom is 0.109 e. The predicted molar refractivity (Wildman–Crippen MR) is 87.0 cm³/mol. The minimum absolute atomic E-state index is 0.311. The van der Waals surface area contributed by atoms with Gasteiger partial charge in [-0.3, -0.25) is 0 Å². The van der Waals surface area contributed by atoms with Crippen LogP contribution in [0.1, 0.15) is 60.8 Å². The van der Waals surface area contributed by atoms with Crippen LogP contribution in [-0.2, 0) is 4.74 Å². The molecule has 0 aromatic heterocycles. The van der Waals surface area contributed by atoms with Crippen LogP contribution in [0.5, 0.6) is 0 Å². The third-order valence-electron chi connectivity index (χ3n) is 7.60. The molecule has 1 aliphatic heterocycles. The molecule has 0 radical (unpaired) electrons. The first kappa shape index (κ1) is 14.1. The lowest BCUT2D eigenvalue weighted by atomic mass is 10.0. The lowest BCUT2D eigenvalue weighted by Gasteiger charge is -2.05. The first-order valence-electron chi connectivity index (χ1n) is 8.73. The molecule has 0 aromatic rings. The second-order valence-electron chi connectivity index (χ2n) is 9.27. The van der Waals surface area contributed by atoms with Crippen molar-refractivity contribution in [1.82, 2.24) is 0 Å². The first-order chi connectivity index (χ1) is 9.73. The van der Waals surface area contributed by atoms with E-state index in [0.29, 0.717) is 22.5 Å². The van der Waals surface area contributed by atoms with Crippen molar-refractivity contribution in [2.45, 2.75) is 72.5 Å². The summed E-state index contributed by atoms with van der Waals surface area (Å²) in [7, 11) is 0. The average molecular weight is 286 g/mol. The van der Waals surface area contributed by atoms with E-state index >= 15 is 0 Å². The molecule has 5 rings (SSSR count). The van der Waals surface area contributed by atoms with Crippen LogP contribution in [0.4, 0.5) is 0 Å². The molecule has 1 heterocycles. The molecule has 0 N–H and O–H groups in total. The molecule has 3 fully saturated rings. The van der Waals surface area contributed by atoms with Crippen molar-refractivity contribution < 1.29 is 4.74 Å². The Labute approximate surface area is 129 Å². The van der Waals surface area contributed by atoms with E-state index in [4.69, 9.17) is 4.74 Å². The Morgan fingerprint density at radius 2 is 1.71 bits per heavy atom. The van der Waals surface area contributed by atoms with Crippen LogP contribution in [-0.4, -0.2) is 11.7 Å². The molecule has 2 saturated carbocycles. The summed E-state index contributed by atoms with van der Waals surface area (Å²) in [5, 5.41) is 0. The molecule has 116 valence electrons. The molecule has 0 aromatic carbocycles. The quantitative estimate of drug-likeness (QED) is 0.444. The van der Waals surface area contributed by atoms with Gasteiger partial charge >= 0.3 is 0 Å². The molecule has 4 aliphatic carbocycles. The molecule has 1 heteroatoms. The number of hydrogen-bond donors (Lipinski definition) is 0. The van der Waals surface area contributed by atoms with Crippen molar-refractivity contribution in [3.63, 3.8) is 0 Å². The molecular weight excluding hydrogens is 256 g/mol. The summed E-state index contributed by atoms with van der Waals surface area (Å²) < 4.78 is 5.80. The Kier molecular flexibility index (Phi) is 2.58. The molecule has 0 amide bonds. The Hall–Kier alpha value is -0.560. The van der Waals surface area contributed by atoms with Crippen LogP contribution in [0.2, 0.25) is 0 Å². The Morgan fingerprint density at radius 1 is 1.00 bits per heavy atom. The van der Waals surface area contributed by atoms with E-state index in [1.165, 1.54) is 24.8 Å². The van der Waals surface area contributed by atoms with Gasteiger partial charge in [0.2, 0.25) is 0 Å². The van der Waals surface area contributed by atoms with Gasteiger partial charge in [0, 0.05) is 11.3 Å². The van der Waals surface area contributed by atoms with Crippen LogP contribution >= 0.6 is 0 Å². The summed E-state index contributed by atoms with van der Waals surface area (Å²) >= 11 is 0. The summed E-state index contributed by atoms with van der Waals surface area (Å²) in [6.07, 6.45) is 9.25. The van der Waals surface area contributed by atoms with Crippen molar-refractivity contribution in [3.8, 4) is 0 Å². The zero-order chi connectivity index (χ0) is 15.2. The van der Waals surface area contributed by atoms with Crippen LogP contribution in [0, 0.1) is 28.6 Å². The average Bonchev–Trinajstić information content (AvgIpc) is 3.31. The number of epoxide rings is 1. The van der Waals surface area contributed by atoms with E-state index in [2.05, 4.69) is 53.7 Å². The Morgan fingerprint density at radius 3 is 2.29 bits per heavy atom. The van der Waals surface area contributed by atoms with Gasteiger partial charge in [-0.2, -0.15) is 0 Å². The summed E-state index contributed by atoms with van der Waals surface area (Å²) in [5.74, 6) is 2.87. The molecule has 5 unspecified atom stereocenters. The minimum Gasteiger partial charge on any atom is -0.360 e. The highest BCUT2D eigenvalue weighted by Crippen LogP contribution is 2.78. The standard InChI is InChI=1S/C10H14O.C10H16/c1-6-4-5-7-9(2,3)10(7)8(6)11-10;1-7-4-5-8-9(6-7)10(8,2)3/h4,7-8H,5H2,1-3H3;4,8-9H,5-6H2,1-3H3. The van der Waals surface area contributed by atoms with Gasteiger partial charge in [-0.05, 0) is 55.9 Å². The van der Waals surface area contributed by atoms with E-state index < -0.39 is 0 Å². The van der Waals surface area contributed by atoms with Crippen molar-refractivity contribution in [3.05, 3.63) is 23.3 Å². The van der Waals surface area contributed by atoms with Crippen molar-refractivity contribution in [1.29, 1.82) is 0 Å².